The number of ether oxygens (including phenoxy) is 1. The Bertz CT molecular complexity index is 683. The van der Waals surface area contributed by atoms with Gasteiger partial charge >= 0.3 is 5.97 Å². The minimum atomic E-state index is -0.256. The molecule has 3 nitrogen and oxygen atoms in total. The van der Waals surface area contributed by atoms with Crippen molar-refractivity contribution in [3.8, 4) is 0 Å². The van der Waals surface area contributed by atoms with Gasteiger partial charge in [0.1, 0.15) is 5.82 Å². The van der Waals surface area contributed by atoms with E-state index in [2.05, 4.69) is 19.2 Å². The Balaban J connectivity index is 2.58. The van der Waals surface area contributed by atoms with Gasteiger partial charge in [0.25, 0.3) is 0 Å². The highest BCUT2D eigenvalue weighted by Gasteiger charge is 2.12. The van der Waals surface area contributed by atoms with Crippen molar-refractivity contribution in [2.75, 3.05) is 19.7 Å². The molecule has 0 heterocycles. The van der Waals surface area contributed by atoms with Crippen LogP contribution in [0.25, 0.3) is 0 Å². The maximum atomic E-state index is 13.6. The average Bonchev–Trinajstić information content (AvgIpc) is 2.66. The van der Waals surface area contributed by atoms with Gasteiger partial charge in [0, 0.05) is 17.0 Å². The standard InChI is InChI=1S/C22H32FNO2S/c1-6-16(3)21(27-18(5)17(4)22(25)26-7-2)15-24-14-10-12-19-11-8-9-13-20(19)23/h8-9,11,13,24H,6-7,10,12,14-15H2,1-5H3/b18-17+,21-16?. The summed E-state index contributed by atoms with van der Waals surface area (Å²) in [6.07, 6.45) is 2.56. The molecule has 0 amide bonds. The van der Waals surface area contributed by atoms with Gasteiger partial charge in [-0.1, -0.05) is 42.5 Å². The number of carbonyl (C=O) groups is 1. The molecule has 1 N–H and O–H groups in total. The predicted molar refractivity (Wildman–Crippen MR) is 113 cm³/mol. The van der Waals surface area contributed by atoms with E-state index in [1.165, 1.54) is 16.5 Å². The Hall–Kier alpha value is -1.59. The lowest BCUT2D eigenvalue weighted by molar-refractivity contribution is -0.138. The Morgan fingerprint density at radius 3 is 2.52 bits per heavy atom. The summed E-state index contributed by atoms with van der Waals surface area (Å²) < 4.78 is 18.7. The normalized spacial score (nSPS) is 13.1. The molecule has 0 saturated carbocycles. The number of benzene rings is 1. The minimum absolute atomic E-state index is 0.134. The van der Waals surface area contributed by atoms with Gasteiger partial charge in [-0.25, -0.2) is 9.18 Å². The molecule has 0 aliphatic heterocycles. The molecule has 150 valence electrons. The number of esters is 1. The number of thioether (sulfide) groups is 1. The number of aryl methyl sites for hydroxylation is 1. The van der Waals surface area contributed by atoms with Gasteiger partial charge in [0.15, 0.2) is 0 Å². The van der Waals surface area contributed by atoms with E-state index in [4.69, 9.17) is 4.74 Å². The van der Waals surface area contributed by atoms with Gasteiger partial charge in [-0.2, -0.15) is 0 Å². The van der Waals surface area contributed by atoms with Crippen LogP contribution in [0, 0.1) is 5.82 Å². The Kier molecular flexibility index (Phi) is 11.1. The van der Waals surface area contributed by atoms with Gasteiger partial charge in [0.05, 0.1) is 6.61 Å². The third-order valence-corrected chi connectivity index (χ3v) is 5.79. The quantitative estimate of drug-likeness (QED) is 0.301. The van der Waals surface area contributed by atoms with E-state index in [1.807, 2.05) is 26.0 Å². The molecule has 0 aliphatic carbocycles. The topological polar surface area (TPSA) is 38.3 Å². The zero-order valence-corrected chi connectivity index (χ0v) is 18.0. The molecule has 0 unspecified atom stereocenters. The van der Waals surface area contributed by atoms with Crippen molar-refractivity contribution in [3.05, 3.63) is 56.6 Å². The van der Waals surface area contributed by atoms with Gasteiger partial charge in [-0.3, -0.25) is 0 Å². The second-order valence-electron chi connectivity index (χ2n) is 6.43. The molecule has 0 fully saturated rings. The highest BCUT2D eigenvalue weighted by Crippen LogP contribution is 2.30. The fraction of sp³-hybridized carbons (Fsp3) is 0.500. The lowest BCUT2D eigenvalue weighted by atomic mass is 10.1. The van der Waals surface area contributed by atoms with Crippen LogP contribution in [0.5, 0.6) is 0 Å². The highest BCUT2D eigenvalue weighted by molar-refractivity contribution is 8.06. The van der Waals surface area contributed by atoms with E-state index < -0.39 is 0 Å². The Labute approximate surface area is 167 Å². The van der Waals surface area contributed by atoms with Crippen molar-refractivity contribution in [1.82, 2.24) is 5.32 Å². The smallest absolute Gasteiger partial charge is 0.334 e. The fourth-order valence-corrected chi connectivity index (χ4v) is 3.52. The molecular formula is C22H32FNO2S. The number of allylic oxidation sites excluding steroid dienone is 2. The van der Waals surface area contributed by atoms with Gasteiger partial charge < -0.3 is 10.1 Å². The van der Waals surface area contributed by atoms with E-state index in [1.54, 1.807) is 24.8 Å². The van der Waals surface area contributed by atoms with Crippen molar-refractivity contribution in [2.45, 2.75) is 53.9 Å². The van der Waals surface area contributed by atoms with Gasteiger partial charge in [-0.15, -0.1) is 0 Å². The first-order chi connectivity index (χ1) is 12.9. The number of hydrogen-bond acceptors (Lipinski definition) is 4. The van der Waals surface area contributed by atoms with E-state index in [-0.39, 0.29) is 11.8 Å². The van der Waals surface area contributed by atoms with E-state index in [0.717, 1.165) is 42.8 Å². The number of carbonyl (C=O) groups excluding carboxylic acids is 1. The van der Waals surface area contributed by atoms with Gasteiger partial charge in [0.2, 0.25) is 0 Å². The lowest BCUT2D eigenvalue weighted by Gasteiger charge is -2.14. The number of halogens is 1. The lowest BCUT2D eigenvalue weighted by Crippen LogP contribution is -2.19. The van der Waals surface area contributed by atoms with Crippen molar-refractivity contribution < 1.29 is 13.9 Å². The van der Waals surface area contributed by atoms with E-state index >= 15 is 0 Å². The monoisotopic (exact) mass is 393 g/mol. The third kappa shape index (κ3) is 8.31. The summed E-state index contributed by atoms with van der Waals surface area (Å²) >= 11 is 1.63. The fourth-order valence-electron chi connectivity index (χ4n) is 2.42. The summed E-state index contributed by atoms with van der Waals surface area (Å²) in [5.41, 5.74) is 2.72. The molecule has 0 bridgehead atoms. The molecular weight excluding hydrogens is 361 g/mol. The molecule has 1 aromatic carbocycles. The van der Waals surface area contributed by atoms with Crippen LogP contribution in [-0.2, 0) is 16.0 Å². The molecule has 1 rings (SSSR count). The number of hydrogen-bond donors (Lipinski definition) is 1. The van der Waals surface area contributed by atoms with Crippen LogP contribution in [0.1, 0.15) is 53.0 Å². The molecule has 0 spiro atoms. The van der Waals surface area contributed by atoms with Crippen LogP contribution < -0.4 is 5.32 Å². The second kappa shape index (κ2) is 12.7. The highest BCUT2D eigenvalue weighted by atomic mass is 32.2. The maximum absolute atomic E-state index is 13.6. The largest absolute Gasteiger partial charge is 0.463 e. The first-order valence-corrected chi connectivity index (χ1v) is 10.4. The Morgan fingerprint density at radius 2 is 1.89 bits per heavy atom. The molecule has 0 aromatic heterocycles. The maximum Gasteiger partial charge on any atom is 0.334 e. The molecule has 0 atom stereocenters. The summed E-state index contributed by atoms with van der Waals surface area (Å²) in [7, 11) is 0. The third-order valence-electron chi connectivity index (χ3n) is 4.44. The predicted octanol–water partition coefficient (Wildman–Crippen LogP) is 5.62. The summed E-state index contributed by atoms with van der Waals surface area (Å²) in [5.74, 6) is -0.389. The summed E-state index contributed by atoms with van der Waals surface area (Å²) in [5, 5.41) is 3.45. The van der Waals surface area contributed by atoms with Crippen molar-refractivity contribution >= 4 is 17.7 Å². The van der Waals surface area contributed by atoms with Crippen LogP contribution in [-0.4, -0.2) is 25.7 Å². The average molecular weight is 394 g/mol. The molecule has 0 radical (unpaired) electrons. The zero-order valence-electron chi connectivity index (χ0n) is 17.2. The Morgan fingerprint density at radius 1 is 1.19 bits per heavy atom. The molecule has 27 heavy (non-hydrogen) atoms. The first kappa shape index (κ1) is 23.4. The van der Waals surface area contributed by atoms with Crippen molar-refractivity contribution in [3.63, 3.8) is 0 Å². The molecule has 1 aromatic rings. The molecule has 5 heteroatoms. The van der Waals surface area contributed by atoms with Crippen LogP contribution in [0.3, 0.4) is 0 Å². The summed E-state index contributed by atoms with van der Waals surface area (Å²) in [6, 6.07) is 6.93. The van der Waals surface area contributed by atoms with Crippen LogP contribution in [0.15, 0.2) is 45.2 Å². The van der Waals surface area contributed by atoms with Crippen LogP contribution >= 0.6 is 11.8 Å². The van der Waals surface area contributed by atoms with Crippen molar-refractivity contribution in [1.29, 1.82) is 0 Å². The summed E-state index contributed by atoms with van der Waals surface area (Å²) in [6.45, 7) is 11.8. The van der Waals surface area contributed by atoms with Gasteiger partial charge in [-0.05, 0) is 70.0 Å². The molecule has 0 aliphatic rings. The number of nitrogens with one attached hydrogen (secondary N) is 1. The molecule has 0 saturated heterocycles. The second-order valence-corrected chi connectivity index (χ2v) is 7.74. The zero-order chi connectivity index (χ0) is 20.2. The number of rotatable bonds is 11. The van der Waals surface area contributed by atoms with E-state index in [0.29, 0.717) is 12.2 Å². The SMILES string of the molecule is CCOC(=O)/C(C)=C(\C)SC(CNCCCc1ccccc1F)=C(C)CC. The van der Waals surface area contributed by atoms with Crippen LogP contribution in [0.2, 0.25) is 0 Å². The van der Waals surface area contributed by atoms with Crippen molar-refractivity contribution in [2.24, 2.45) is 0 Å². The first-order valence-electron chi connectivity index (χ1n) is 9.55. The van der Waals surface area contributed by atoms with Crippen LogP contribution in [0.4, 0.5) is 4.39 Å². The summed E-state index contributed by atoms with van der Waals surface area (Å²) in [4.78, 5) is 14.1. The van der Waals surface area contributed by atoms with E-state index in [9.17, 15) is 9.18 Å². The minimum Gasteiger partial charge on any atom is -0.463 e.